The van der Waals surface area contributed by atoms with E-state index >= 15 is 0 Å². The van der Waals surface area contributed by atoms with Gasteiger partial charge in [0.05, 0.1) is 0 Å². The van der Waals surface area contributed by atoms with Crippen molar-refractivity contribution >= 4 is 8.80 Å². The number of benzene rings is 1. The summed E-state index contributed by atoms with van der Waals surface area (Å²) in [7, 11) is -1.03. The lowest BCUT2D eigenvalue weighted by Crippen LogP contribution is -2.48. The molecule has 1 aromatic rings. The number of halogens is 5. The molecule has 0 N–H and O–H groups in total. The lowest BCUT2D eigenvalue weighted by atomic mass is 10.0. The van der Waals surface area contributed by atoms with Crippen LogP contribution in [-0.2, 0) is 19.7 Å². The average molecular weight is 485 g/mol. The third-order valence-corrected chi connectivity index (χ3v) is 8.35. The number of rotatable bonds is 16. The standard InChI is InChI=1S/C23H37F5O3Si/c1-16(2)30-32(29-5,31-17(3)4)15-13-11-9-7-6-8-10-12-14-18-19(24)21(26)23(28)22(27)20(18)25/h16-17H,6-15H2,1-5H3. The van der Waals surface area contributed by atoms with Crippen LogP contribution in [0.2, 0.25) is 6.04 Å². The molecular weight excluding hydrogens is 447 g/mol. The molecule has 0 aliphatic heterocycles. The van der Waals surface area contributed by atoms with Crippen molar-refractivity contribution in [2.24, 2.45) is 0 Å². The second kappa shape index (κ2) is 14.3. The van der Waals surface area contributed by atoms with Crippen LogP contribution in [-0.4, -0.2) is 28.1 Å². The summed E-state index contributed by atoms with van der Waals surface area (Å²) in [4.78, 5) is 0. The lowest BCUT2D eigenvalue weighted by molar-refractivity contribution is 0.0323. The summed E-state index contributed by atoms with van der Waals surface area (Å²) in [5, 5.41) is 0. The molecule has 32 heavy (non-hydrogen) atoms. The highest BCUT2D eigenvalue weighted by atomic mass is 28.4. The first-order valence-electron chi connectivity index (χ1n) is 11.5. The smallest absolute Gasteiger partial charge is 0.377 e. The predicted molar refractivity (Wildman–Crippen MR) is 117 cm³/mol. The minimum absolute atomic E-state index is 0.0326. The Hall–Kier alpha value is -1.03. The van der Waals surface area contributed by atoms with Crippen molar-refractivity contribution in [1.29, 1.82) is 0 Å². The molecule has 0 atom stereocenters. The third kappa shape index (κ3) is 9.07. The molecular formula is C23H37F5O3Si. The van der Waals surface area contributed by atoms with Crippen LogP contribution in [0.1, 0.15) is 84.6 Å². The maximum absolute atomic E-state index is 13.7. The Kier molecular flexibility index (Phi) is 12.9. The second-order valence-electron chi connectivity index (χ2n) is 8.60. The molecule has 0 unspecified atom stereocenters. The van der Waals surface area contributed by atoms with Crippen molar-refractivity contribution in [3.63, 3.8) is 0 Å². The highest BCUT2D eigenvalue weighted by Crippen LogP contribution is 2.25. The fourth-order valence-corrected chi connectivity index (χ4v) is 6.44. The maximum atomic E-state index is 13.7. The molecule has 1 aromatic carbocycles. The van der Waals surface area contributed by atoms with Crippen LogP contribution in [0.4, 0.5) is 22.0 Å². The quantitative estimate of drug-likeness (QED) is 0.0800. The van der Waals surface area contributed by atoms with Crippen LogP contribution >= 0.6 is 0 Å². The number of unbranched alkanes of at least 4 members (excludes halogenated alkanes) is 7. The summed E-state index contributed by atoms with van der Waals surface area (Å²) in [6.45, 7) is 7.87. The first-order chi connectivity index (χ1) is 15.0. The molecule has 3 nitrogen and oxygen atoms in total. The first-order valence-corrected chi connectivity index (χ1v) is 13.4. The van der Waals surface area contributed by atoms with Gasteiger partial charge in [0.2, 0.25) is 5.82 Å². The van der Waals surface area contributed by atoms with Crippen molar-refractivity contribution in [1.82, 2.24) is 0 Å². The topological polar surface area (TPSA) is 27.7 Å². The summed E-state index contributed by atoms with van der Waals surface area (Å²) < 4.78 is 84.5. The van der Waals surface area contributed by atoms with E-state index in [1.165, 1.54) is 0 Å². The van der Waals surface area contributed by atoms with E-state index in [1.54, 1.807) is 7.11 Å². The molecule has 0 aromatic heterocycles. The van der Waals surface area contributed by atoms with Gasteiger partial charge in [-0.05, 0) is 47.0 Å². The Morgan fingerprint density at radius 1 is 0.594 bits per heavy atom. The molecule has 0 spiro atoms. The summed E-state index contributed by atoms with van der Waals surface area (Å²) in [5.74, 6) is -9.31. The average Bonchev–Trinajstić information content (AvgIpc) is 2.73. The normalized spacial score (nSPS) is 12.4. The van der Waals surface area contributed by atoms with Crippen molar-refractivity contribution in [3.8, 4) is 0 Å². The minimum Gasteiger partial charge on any atom is -0.377 e. The van der Waals surface area contributed by atoms with E-state index in [2.05, 4.69) is 0 Å². The molecule has 0 radical (unpaired) electrons. The molecule has 0 saturated carbocycles. The predicted octanol–water partition coefficient (Wildman–Crippen LogP) is 7.48. The van der Waals surface area contributed by atoms with E-state index in [1.807, 2.05) is 27.7 Å². The van der Waals surface area contributed by atoms with Gasteiger partial charge < -0.3 is 13.3 Å². The zero-order chi connectivity index (χ0) is 24.3. The van der Waals surface area contributed by atoms with Gasteiger partial charge in [0.15, 0.2) is 23.3 Å². The fourth-order valence-electron chi connectivity index (χ4n) is 3.64. The van der Waals surface area contributed by atoms with Crippen LogP contribution < -0.4 is 0 Å². The Labute approximate surface area is 190 Å². The van der Waals surface area contributed by atoms with Crippen LogP contribution in [0.3, 0.4) is 0 Å². The minimum atomic E-state index is -2.67. The van der Waals surface area contributed by atoms with Gasteiger partial charge in [-0.3, -0.25) is 0 Å². The van der Waals surface area contributed by atoms with E-state index < -0.39 is 43.5 Å². The highest BCUT2D eigenvalue weighted by Gasteiger charge is 2.41. The zero-order valence-corrected chi connectivity index (χ0v) is 20.8. The molecule has 1 rings (SSSR count). The van der Waals surface area contributed by atoms with Crippen LogP contribution in [0.15, 0.2) is 0 Å². The maximum Gasteiger partial charge on any atom is 0.501 e. The van der Waals surface area contributed by atoms with E-state index in [4.69, 9.17) is 13.3 Å². The van der Waals surface area contributed by atoms with Gasteiger partial charge in [-0.1, -0.05) is 38.5 Å². The van der Waals surface area contributed by atoms with Crippen molar-refractivity contribution < 1.29 is 35.2 Å². The van der Waals surface area contributed by atoms with Crippen LogP contribution in [0.25, 0.3) is 0 Å². The Bertz CT molecular complexity index is 662. The lowest BCUT2D eigenvalue weighted by Gasteiger charge is -2.31. The molecule has 0 amide bonds. The SMILES string of the molecule is CO[Si](CCCCCCCCCCc1c(F)c(F)c(F)c(F)c1F)(OC(C)C)OC(C)C. The molecule has 0 fully saturated rings. The molecule has 0 bridgehead atoms. The van der Waals surface area contributed by atoms with Crippen LogP contribution in [0.5, 0.6) is 0 Å². The Morgan fingerprint density at radius 2 is 0.969 bits per heavy atom. The van der Waals surface area contributed by atoms with E-state index in [-0.39, 0.29) is 18.6 Å². The summed E-state index contributed by atoms with van der Waals surface area (Å²) in [6.07, 6.45) is 6.76. The second-order valence-corrected chi connectivity index (χ2v) is 11.3. The van der Waals surface area contributed by atoms with Gasteiger partial charge >= 0.3 is 8.80 Å². The van der Waals surface area contributed by atoms with Gasteiger partial charge in [0.25, 0.3) is 0 Å². The van der Waals surface area contributed by atoms with E-state index in [0.29, 0.717) is 12.8 Å². The largest absolute Gasteiger partial charge is 0.501 e. The number of hydrogen-bond acceptors (Lipinski definition) is 3. The molecule has 9 heteroatoms. The van der Waals surface area contributed by atoms with Crippen molar-refractivity contribution in [3.05, 3.63) is 34.6 Å². The molecule has 186 valence electrons. The summed E-state index contributed by atoms with van der Waals surface area (Å²) in [5.41, 5.74) is -0.723. The summed E-state index contributed by atoms with van der Waals surface area (Å²) in [6, 6.07) is 0.766. The third-order valence-electron chi connectivity index (χ3n) is 5.10. The fraction of sp³-hybridized carbons (Fsp3) is 0.739. The molecule has 0 heterocycles. The molecule has 0 aliphatic rings. The van der Waals surface area contributed by atoms with Crippen LogP contribution in [0, 0.1) is 29.1 Å². The van der Waals surface area contributed by atoms with Crippen molar-refractivity contribution in [2.75, 3.05) is 7.11 Å². The first kappa shape index (κ1) is 29.0. The summed E-state index contributed by atoms with van der Waals surface area (Å²) >= 11 is 0. The zero-order valence-electron chi connectivity index (χ0n) is 19.8. The monoisotopic (exact) mass is 484 g/mol. The molecule has 0 aliphatic carbocycles. The Morgan fingerprint density at radius 3 is 1.38 bits per heavy atom. The highest BCUT2D eigenvalue weighted by molar-refractivity contribution is 6.60. The van der Waals surface area contributed by atoms with Gasteiger partial charge in [-0.25, -0.2) is 22.0 Å². The Balaban J connectivity index is 2.27. The van der Waals surface area contributed by atoms with E-state index in [9.17, 15) is 22.0 Å². The number of hydrogen-bond donors (Lipinski definition) is 0. The van der Waals surface area contributed by atoms with Gasteiger partial charge in [-0.2, -0.15) is 0 Å². The van der Waals surface area contributed by atoms with E-state index in [0.717, 1.165) is 44.6 Å². The van der Waals surface area contributed by atoms with Crippen molar-refractivity contribution in [2.45, 2.75) is 104 Å². The van der Waals surface area contributed by atoms with Gasteiger partial charge in [-0.15, -0.1) is 0 Å². The van der Waals surface area contributed by atoms with Gasteiger partial charge in [0, 0.05) is 30.9 Å². The van der Waals surface area contributed by atoms with Gasteiger partial charge in [0.1, 0.15) is 0 Å². The molecule has 0 saturated heterocycles.